The summed E-state index contributed by atoms with van der Waals surface area (Å²) in [4.78, 5) is 9.95. The van der Waals surface area contributed by atoms with Crippen LogP contribution in [0.1, 0.15) is 11.7 Å². The van der Waals surface area contributed by atoms with Gasteiger partial charge in [-0.1, -0.05) is 0 Å². The van der Waals surface area contributed by atoms with Crippen LogP contribution in [-0.4, -0.2) is 10.0 Å². The number of nitro benzene ring substituents is 1. The van der Waals surface area contributed by atoms with Crippen LogP contribution in [0.4, 0.5) is 5.69 Å². The fraction of sp³-hybridized carbons (Fsp3) is 0.111. The van der Waals surface area contributed by atoms with Gasteiger partial charge in [0.1, 0.15) is 11.9 Å². The molecule has 0 radical (unpaired) electrons. The lowest BCUT2D eigenvalue weighted by molar-refractivity contribution is -0.385. The molecule has 1 atom stereocenters. The third-order valence-corrected chi connectivity index (χ3v) is 1.98. The minimum atomic E-state index is -0.835. The van der Waals surface area contributed by atoms with E-state index < -0.39 is 11.0 Å². The predicted octanol–water partition coefficient (Wildman–Crippen LogP) is 1.53. The van der Waals surface area contributed by atoms with Gasteiger partial charge in [0.05, 0.1) is 11.2 Å². The van der Waals surface area contributed by atoms with Crippen LogP contribution >= 0.6 is 0 Å². The van der Waals surface area contributed by atoms with Crippen molar-refractivity contribution in [3.8, 4) is 5.75 Å². The first-order valence-electron chi connectivity index (χ1n) is 3.98. The highest BCUT2D eigenvalue weighted by Gasteiger charge is 2.18. The molecule has 0 aromatic heterocycles. The fourth-order valence-corrected chi connectivity index (χ4v) is 1.28. The second kappa shape index (κ2) is 3.12. The number of nitrogens with zero attached hydrogens (tertiary/aromatic N) is 1. The number of nitro groups is 1. The summed E-state index contributed by atoms with van der Waals surface area (Å²) in [6.07, 6.45) is 1.95. The van der Waals surface area contributed by atoms with E-state index >= 15 is 0 Å². The smallest absolute Gasteiger partial charge is 0.270 e. The van der Waals surface area contributed by atoms with Gasteiger partial charge in [0, 0.05) is 17.7 Å². The van der Waals surface area contributed by atoms with Gasteiger partial charge in [0.2, 0.25) is 0 Å². The van der Waals surface area contributed by atoms with Crippen LogP contribution in [0.3, 0.4) is 0 Å². The molecular weight excluding hydrogens is 186 g/mol. The van der Waals surface area contributed by atoms with Crippen molar-refractivity contribution >= 4 is 5.69 Å². The van der Waals surface area contributed by atoms with Gasteiger partial charge in [-0.05, 0) is 12.1 Å². The number of aliphatic hydroxyl groups is 1. The van der Waals surface area contributed by atoms with Gasteiger partial charge >= 0.3 is 0 Å². The fourth-order valence-electron chi connectivity index (χ4n) is 1.28. The zero-order valence-electron chi connectivity index (χ0n) is 7.08. The van der Waals surface area contributed by atoms with E-state index in [9.17, 15) is 15.2 Å². The molecule has 0 saturated heterocycles. The summed E-state index contributed by atoms with van der Waals surface area (Å²) in [6.45, 7) is 0. The molecule has 0 spiro atoms. The molecule has 1 aliphatic heterocycles. The first-order valence-corrected chi connectivity index (χ1v) is 3.98. The third-order valence-electron chi connectivity index (χ3n) is 1.98. The van der Waals surface area contributed by atoms with E-state index in [0.29, 0.717) is 11.3 Å². The summed E-state index contributed by atoms with van der Waals surface area (Å²) in [5.74, 6) is 0.450. The second-order valence-electron chi connectivity index (χ2n) is 2.87. The average molecular weight is 193 g/mol. The predicted molar refractivity (Wildman–Crippen MR) is 47.8 cm³/mol. The topological polar surface area (TPSA) is 72.6 Å². The van der Waals surface area contributed by atoms with Crippen LogP contribution in [0.25, 0.3) is 0 Å². The summed E-state index contributed by atoms with van der Waals surface area (Å²) in [6, 6.07) is 4.12. The van der Waals surface area contributed by atoms with E-state index in [1.54, 1.807) is 0 Å². The van der Waals surface area contributed by atoms with Gasteiger partial charge in [-0.15, -0.1) is 0 Å². The van der Waals surface area contributed by atoms with Crippen LogP contribution in [0.15, 0.2) is 30.5 Å². The van der Waals surface area contributed by atoms with Crippen molar-refractivity contribution in [3.05, 3.63) is 46.2 Å². The van der Waals surface area contributed by atoms with Crippen LogP contribution in [-0.2, 0) is 0 Å². The SMILES string of the molecule is O=[N+]([O-])c1ccc2c(c1)C(O)C=CO2. The number of ether oxygens (including phenoxy) is 1. The minimum Gasteiger partial charge on any atom is -0.465 e. The Bertz CT molecular complexity index is 413. The van der Waals surface area contributed by atoms with Gasteiger partial charge < -0.3 is 9.84 Å². The summed E-state index contributed by atoms with van der Waals surface area (Å²) >= 11 is 0. The molecule has 0 bridgehead atoms. The number of hydrogen-bond acceptors (Lipinski definition) is 4. The Kier molecular flexibility index (Phi) is 1.94. The summed E-state index contributed by atoms with van der Waals surface area (Å²) in [7, 11) is 0. The van der Waals surface area contributed by atoms with E-state index in [1.807, 2.05) is 0 Å². The largest absolute Gasteiger partial charge is 0.465 e. The van der Waals surface area contributed by atoms with Crippen molar-refractivity contribution in [1.82, 2.24) is 0 Å². The van der Waals surface area contributed by atoms with Gasteiger partial charge in [-0.2, -0.15) is 0 Å². The molecule has 1 aromatic rings. The Morgan fingerprint density at radius 3 is 3.00 bits per heavy atom. The van der Waals surface area contributed by atoms with E-state index in [0.717, 1.165) is 0 Å². The quantitative estimate of drug-likeness (QED) is 0.542. The van der Waals surface area contributed by atoms with E-state index in [2.05, 4.69) is 0 Å². The van der Waals surface area contributed by atoms with Crippen LogP contribution in [0.2, 0.25) is 0 Å². The van der Waals surface area contributed by atoms with Gasteiger partial charge in [0.25, 0.3) is 5.69 Å². The molecule has 0 amide bonds. The highest BCUT2D eigenvalue weighted by molar-refractivity contribution is 5.47. The maximum atomic E-state index is 10.5. The molecule has 72 valence electrons. The maximum absolute atomic E-state index is 10.5. The summed E-state index contributed by atoms with van der Waals surface area (Å²) < 4.78 is 5.07. The van der Waals surface area contributed by atoms with Crippen molar-refractivity contribution < 1.29 is 14.8 Å². The molecule has 0 aliphatic carbocycles. The number of non-ortho nitro benzene ring substituents is 1. The Labute approximate surface area is 79.4 Å². The molecular formula is C9H7NO4. The zero-order chi connectivity index (χ0) is 10.1. The Morgan fingerprint density at radius 2 is 2.29 bits per heavy atom. The molecule has 2 rings (SSSR count). The van der Waals surface area contributed by atoms with Crippen LogP contribution < -0.4 is 4.74 Å². The molecule has 1 aliphatic rings. The molecule has 0 fully saturated rings. The number of aliphatic hydroxyl groups excluding tert-OH is 1. The summed E-state index contributed by atoms with van der Waals surface area (Å²) in [5, 5.41) is 19.9. The number of rotatable bonds is 1. The van der Waals surface area contributed by atoms with Crippen LogP contribution in [0, 0.1) is 10.1 Å². The first-order chi connectivity index (χ1) is 6.68. The van der Waals surface area contributed by atoms with Gasteiger partial charge in [0.15, 0.2) is 0 Å². The molecule has 5 heteroatoms. The Balaban J connectivity index is 2.49. The molecule has 1 aromatic carbocycles. The monoisotopic (exact) mass is 193 g/mol. The van der Waals surface area contributed by atoms with Crippen molar-refractivity contribution in [1.29, 1.82) is 0 Å². The lowest BCUT2D eigenvalue weighted by atomic mass is 10.1. The molecule has 1 heterocycles. The van der Waals surface area contributed by atoms with Crippen LogP contribution in [0.5, 0.6) is 5.75 Å². The molecule has 0 saturated carbocycles. The van der Waals surface area contributed by atoms with Gasteiger partial charge in [-0.25, -0.2) is 0 Å². The third kappa shape index (κ3) is 1.33. The number of fused-ring (bicyclic) bond motifs is 1. The first kappa shape index (κ1) is 8.71. The lowest BCUT2D eigenvalue weighted by Gasteiger charge is -2.15. The van der Waals surface area contributed by atoms with Crippen molar-refractivity contribution in [3.63, 3.8) is 0 Å². The number of benzene rings is 1. The molecule has 1 unspecified atom stereocenters. The molecule has 14 heavy (non-hydrogen) atoms. The lowest BCUT2D eigenvalue weighted by Crippen LogP contribution is -2.03. The Hall–Kier alpha value is -1.88. The highest BCUT2D eigenvalue weighted by atomic mass is 16.6. The van der Waals surface area contributed by atoms with Crippen molar-refractivity contribution in [2.45, 2.75) is 6.10 Å². The molecule has 1 N–H and O–H groups in total. The van der Waals surface area contributed by atoms with Crippen molar-refractivity contribution in [2.75, 3.05) is 0 Å². The molecule has 5 nitrogen and oxygen atoms in total. The summed E-state index contributed by atoms with van der Waals surface area (Å²) in [5.41, 5.74) is 0.364. The van der Waals surface area contributed by atoms with E-state index in [-0.39, 0.29) is 5.69 Å². The Morgan fingerprint density at radius 1 is 1.50 bits per heavy atom. The second-order valence-corrected chi connectivity index (χ2v) is 2.87. The van der Waals surface area contributed by atoms with Gasteiger partial charge in [-0.3, -0.25) is 10.1 Å². The van der Waals surface area contributed by atoms with E-state index in [1.165, 1.54) is 30.5 Å². The van der Waals surface area contributed by atoms with E-state index in [4.69, 9.17) is 4.74 Å². The standard InChI is InChI=1S/C9H7NO4/c11-8-3-4-14-9-2-1-6(10(12)13)5-7(8)9/h1-5,8,11H. The zero-order valence-corrected chi connectivity index (χ0v) is 7.08. The van der Waals surface area contributed by atoms with Crippen molar-refractivity contribution in [2.24, 2.45) is 0 Å². The average Bonchev–Trinajstić information content (AvgIpc) is 2.18. The normalized spacial score (nSPS) is 18.5. The highest BCUT2D eigenvalue weighted by Crippen LogP contribution is 2.32. The maximum Gasteiger partial charge on any atom is 0.270 e. The number of hydrogen-bond donors (Lipinski definition) is 1. The minimum absolute atomic E-state index is 0.0540.